The van der Waals surface area contributed by atoms with Gasteiger partial charge >= 0.3 is 0 Å². The Labute approximate surface area is 868 Å². The second kappa shape index (κ2) is 37.4. The van der Waals surface area contributed by atoms with Gasteiger partial charge in [0.25, 0.3) is 0 Å². The monoisotopic (exact) mass is 1910 g/mol. The summed E-state index contributed by atoms with van der Waals surface area (Å²) in [4.78, 5) is 0. The lowest BCUT2D eigenvalue weighted by atomic mass is 9.97. The molecule has 0 atom stereocenters. The Kier molecular flexibility index (Phi) is 21.9. The molecule has 0 N–H and O–H groups in total. The summed E-state index contributed by atoms with van der Waals surface area (Å²) in [5.74, 6) is 0. The number of para-hydroxylation sites is 7. The van der Waals surface area contributed by atoms with Crippen LogP contribution < -0.4 is 0 Å². The van der Waals surface area contributed by atoms with Crippen LogP contribution in [-0.4, -0.2) is 27.4 Å². The van der Waals surface area contributed by atoms with E-state index in [4.69, 9.17) is 0 Å². The van der Waals surface area contributed by atoms with Crippen molar-refractivity contribution in [1.82, 2.24) is 27.4 Å². The second-order valence-electron chi connectivity index (χ2n) is 38.8. The summed E-state index contributed by atoms with van der Waals surface area (Å²) in [6.07, 6.45) is 0. The lowest BCUT2D eigenvalue weighted by Crippen LogP contribution is -1.98. The van der Waals surface area contributed by atoms with Gasteiger partial charge in [-0.25, -0.2) is 0 Å². The van der Waals surface area contributed by atoms with Gasteiger partial charge in [-0.1, -0.05) is 467 Å². The zero-order valence-electron chi connectivity index (χ0n) is 82.1. The van der Waals surface area contributed by atoms with Crippen LogP contribution in [0.4, 0.5) is 0 Å². The van der Waals surface area contributed by atoms with Crippen LogP contribution in [0.2, 0.25) is 0 Å². The highest BCUT2D eigenvalue weighted by Crippen LogP contribution is 2.51. The van der Waals surface area contributed by atoms with Crippen molar-refractivity contribution in [2.75, 3.05) is 0 Å². The first kappa shape index (κ1) is 87.8. The molecule has 0 amide bonds. The fourth-order valence-electron chi connectivity index (χ4n) is 23.7. The first-order valence-corrected chi connectivity index (χ1v) is 51.6. The predicted molar refractivity (Wildman–Crippen MR) is 634 cm³/mol. The largest absolute Gasteiger partial charge is 0.309 e. The fourth-order valence-corrected chi connectivity index (χ4v) is 23.7. The highest BCUT2D eigenvalue weighted by Gasteiger charge is 2.29. The van der Waals surface area contributed by atoms with Crippen LogP contribution in [0.5, 0.6) is 0 Å². The number of fused-ring (bicyclic) bond motifs is 21. The first-order valence-electron chi connectivity index (χ1n) is 51.6. The third-order valence-electron chi connectivity index (χ3n) is 30.3. The lowest BCUT2D eigenvalue weighted by molar-refractivity contribution is 1.17. The molecule has 0 spiro atoms. The van der Waals surface area contributed by atoms with Gasteiger partial charge in [-0.2, -0.15) is 0 Å². The topological polar surface area (TPSA) is 29.6 Å². The van der Waals surface area contributed by atoms with Crippen LogP contribution in [-0.2, 0) is 0 Å². The van der Waals surface area contributed by atoms with E-state index < -0.39 is 0 Å². The van der Waals surface area contributed by atoms with Crippen LogP contribution in [0.1, 0.15) is 0 Å². The Bertz CT molecular complexity index is 10300. The Morgan fingerprint density at radius 3 is 0.620 bits per heavy atom. The van der Waals surface area contributed by atoms with Gasteiger partial charge < -0.3 is 27.4 Å². The average molecular weight is 1910 g/mol. The summed E-state index contributed by atoms with van der Waals surface area (Å²) in [7, 11) is 0. The molecule has 24 aromatic carbocycles. The molecule has 30 rings (SSSR count). The lowest BCUT2D eigenvalue weighted by Gasteiger charge is -2.16. The predicted octanol–water partition coefficient (Wildman–Crippen LogP) is 38.6. The average Bonchev–Trinajstić information content (AvgIpc) is 1.55. The Hall–Kier alpha value is -19.9. The van der Waals surface area contributed by atoms with E-state index in [0.29, 0.717) is 0 Å². The number of hydrogen-bond donors (Lipinski definition) is 0. The van der Waals surface area contributed by atoms with Crippen molar-refractivity contribution in [3.63, 3.8) is 0 Å². The second-order valence-corrected chi connectivity index (χ2v) is 38.8. The van der Waals surface area contributed by atoms with Crippen molar-refractivity contribution in [1.29, 1.82) is 0 Å². The van der Waals surface area contributed by atoms with Crippen LogP contribution in [0, 0.1) is 0 Å². The molecule has 0 radical (unpaired) electrons. The minimum absolute atomic E-state index is 1.13. The molecule has 0 unspecified atom stereocenters. The zero-order valence-corrected chi connectivity index (χ0v) is 82.1. The summed E-state index contributed by atoms with van der Waals surface area (Å²) in [6, 6.07) is 211. The molecule has 0 aliphatic heterocycles. The Balaban J connectivity index is 0.000000108. The van der Waals surface area contributed by atoms with E-state index in [0.717, 1.165) is 34.1 Å². The maximum Gasteiger partial charge on any atom is 0.0641 e. The van der Waals surface area contributed by atoms with Crippen LogP contribution >= 0.6 is 0 Å². The molecule has 0 aliphatic carbocycles. The van der Waals surface area contributed by atoms with Crippen molar-refractivity contribution >= 4 is 131 Å². The minimum atomic E-state index is 1.13. The molecule has 702 valence electrons. The Morgan fingerprint density at radius 2 is 0.300 bits per heavy atom. The van der Waals surface area contributed by atoms with Crippen molar-refractivity contribution in [3.8, 4) is 134 Å². The van der Waals surface area contributed by atoms with Gasteiger partial charge in [-0.3, -0.25) is 0 Å². The molecule has 6 heterocycles. The van der Waals surface area contributed by atoms with Crippen LogP contribution in [0.25, 0.3) is 265 Å². The zero-order chi connectivity index (χ0) is 99.1. The quantitative estimate of drug-likeness (QED) is 0.0979. The summed E-state index contributed by atoms with van der Waals surface area (Å²) in [5.41, 5.74) is 43.0. The molecule has 0 saturated heterocycles. The van der Waals surface area contributed by atoms with E-state index in [1.165, 1.54) is 231 Å². The fraction of sp³-hybridized carbons (Fsp3) is 0. The van der Waals surface area contributed by atoms with E-state index in [-0.39, 0.29) is 0 Å². The van der Waals surface area contributed by atoms with E-state index in [9.17, 15) is 0 Å². The molecule has 0 fully saturated rings. The molecule has 0 saturated carbocycles. The van der Waals surface area contributed by atoms with Gasteiger partial charge in [0.1, 0.15) is 0 Å². The van der Waals surface area contributed by atoms with Gasteiger partial charge in [-0.05, 0) is 199 Å². The number of benzene rings is 24. The van der Waals surface area contributed by atoms with Crippen molar-refractivity contribution in [2.24, 2.45) is 0 Å². The normalized spacial score (nSPS) is 11.6. The summed E-state index contributed by atoms with van der Waals surface area (Å²) >= 11 is 0. The van der Waals surface area contributed by atoms with Gasteiger partial charge in [-0.15, -0.1) is 0 Å². The number of rotatable bonds is 15. The maximum atomic E-state index is 2.51. The van der Waals surface area contributed by atoms with E-state index >= 15 is 0 Å². The van der Waals surface area contributed by atoms with Crippen molar-refractivity contribution < 1.29 is 0 Å². The van der Waals surface area contributed by atoms with Gasteiger partial charge in [0, 0.05) is 115 Å². The summed E-state index contributed by atoms with van der Waals surface area (Å²) in [5, 5.41) is 15.0. The SMILES string of the molecule is c1ccc(-c2cc(-c3ccccc3)cc(-n3c4ccc5c6ccccc6n(-c6ccccc6)c5c4c4cccc(-c5ccccc5)c43)c2)cc1.c1ccc(-c2ccc(-n3c4ccc5c6ccccc6n(-c6cccc(-c7ccccc7)c6)c5c4c4cccc(-c5ccccc5)c43)cc2)cc1.c1ccc(-c2cccc(-n3c4ccc5c6ccccc6n(-c6cccc(-c7ccccc7)c6)c5c4c4cccc(-c5ccccc5)c43)c2)cc1. The standard InChI is InChI=1S/3C48H32N2/c1-5-16-33(17-6-1)36-30-37(34-18-7-2-8-19-34)32-39(31-36)50-45-29-28-42-41-24-13-14-27-44(41)49(38-22-11-4-12-23-38)48(42)46(45)43-26-15-25-40(47(43)50)35-20-9-3-10-21-35;1-4-15-33(16-5-1)36-21-12-23-38(31-36)49-44-28-11-10-25-41(44)42-29-30-45-46(48(42)49)43-27-14-26-40(35-19-8-3-9-20-35)47(43)50(45)39-24-13-22-37(32-39)34-17-6-2-7-18-34;1-4-14-33(15-5-1)35-26-28-38(29-27-35)49-45-31-30-42-41-22-10-11-25-44(41)50(39-21-12-20-37(32-39)34-16-6-2-7-17-34)48(42)46(45)43-24-13-23-40(47(43)49)36-18-8-3-9-19-36/h3*1-32H. The molecular weight excluding hydrogens is 1810 g/mol. The first-order chi connectivity index (χ1) is 74.5. The highest BCUT2D eigenvalue weighted by molar-refractivity contribution is 6.31. The molecule has 6 heteroatoms. The van der Waals surface area contributed by atoms with E-state index in [1.807, 2.05) is 0 Å². The third kappa shape index (κ3) is 15.1. The molecule has 6 nitrogen and oxygen atoms in total. The van der Waals surface area contributed by atoms with E-state index in [1.54, 1.807) is 0 Å². The number of aromatic nitrogens is 6. The number of nitrogens with zero attached hydrogens (tertiary/aromatic N) is 6. The third-order valence-corrected chi connectivity index (χ3v) is 30.3. The molecular formula is C144H96N6. The van der Waals surface area contributed by atoms with Gasteiger partial charge in [0.2, 0.25) is 0 Å². The maximum absolute atomic E-state index is 2.51. The molecule has 0 bridgehead atoms. The molecule has 150 heavy (non-hydrogen) atoms. The summed E-state index contributed by atoms with van der Waals surface area (Å²) in [6.45, 7) is 0. The van der Waals surface area contributed by atoms with Crippen molar-refractivity contribution in [2.45, 2.75) is 0 Å². The van der Waals surface area contributed by atoms with Crippen LogP contribution in [0.15, 0.2) is 582 Å². The minimum Gasteiger partial charge on any atom is -0.309 e. The Morgan fingerprint density at radius 1 is 0.0933 bits per heavy atom. The highest BCUT2D eigenvalue weighted by atomic mass is 15.0. The number of hydrogen-bond acceptors (Lipinski definition) is 0. The molecule has 6 aromatic heterocycles. The molecule has 0 aliphatic rings. The smallest absolute Gasteiger partial charge is 0.0641 e. The van der Waals surface area contributed by atoms with Gasteiger partial charge in [0.05, 0.1) is 66.2 Å². The van der Waals surface area contributed by atoms with Crippen molar-refractivity contribution in [3.05, 3.63) is 582 Å². The molecule has 30 aromatic rings. The van der Waals surface area contributed by atoms with E-state index in [2.05, 4.69) is 610 Å². The van der Waals surface area contributed by atoms with Gasteiger partial charge in [0.15, 0.2) is 0 Å². The van der Waals surface area contributed by atoms with Crippen LogP contribution in [0.3, 0.4) is 0 Å². The summed E-state index contributed by atoms with van der Waals surface area (Å²) < 4.78 is 14.9.